The van der Waals surface area contributed by atoms with Gasteiger partial charge in [-0.3, -0.25) is 9.78 Å². The van der Waals surface area contributed by atoms with E-state index < -0.39 is 15.1 Å². The van der Waals surface area contributed by atoms with Crippen molar-refractivity contribution >= 4 is 43.1 Å². The fraction of sp³-hybridized carbons (Fsp3) is 0.312. The normalized spacial score (nSPS) is 15.2. The van der Waals surface area contributed by atoms with Gasteiger partial charge in [-0.2, -0.15) is 8.42 Å². The number of unbranched alkanes of at least 4 members (excludes halogenated alkanes) is 1. The van der Waals surface area contributed by atoms with Gasteiger partial charge in [0, 0.05) is 45.9 Å². The number of fused-ring (bicyclic) bond motifs is 4. The number of likely N-dealkylation sites (tertiary alicyclic amines) is 1. The van der Waals surface area contributed by atoms with Crippen molar-refractivity contribution in [1.82, 2.24) is 19.4 Å². The number of nitrogens with zero attached hydrogens (tertiary/aromatic N) is 3. The van der Waals surface area contributed by atoms with Crippen molar-refractivity contribution in [3.63, 3.8) is 0 Å². The highest BCUT2D eigenvalue weighted by atomic mass is 32.3. The van der Waals surface area contributed by atoms with Crippen molar-refractivity contribution in [1.29, 1.82) is 0 Å². The minimum absolute atomic E-state index is 0.0682. The molecule has 2 aromatic carbocycles. The Kier molecular flexibility index (Phi) is 6.92. The molecule has 0 saturated carbocycles. The first-order valence-corrected chi connectivity index (χ1v) is 15.3. The van der Waals surface area contributed by atoms with Gasteiger partial charge in [0.2, 0.25) is 0 Å². The highest BCUT2D eigenvalue weighted by Gasteiger charge is 2.26. The number of nitrogens with one attached hydrogen (secondary N) is 1. The molecule has 3 aromatic heterocycles. The van der Waals surface area contributed by atoms with Crippen LogP contribution in [-0.2, 0) is 16.6 Å². The van der Waals surface area contributed by atoms with E-state index in [0.29, 0.717) is 22.8 Å². The summed E-state index contributed by atoms with van der Waals surface area (Å²) in [4.78, 5) is 23.6. The number of aromatic amines is 1. The average Bonchev–Trinajstić information content (AvgIpc) is 3.35. The lowest BCUT2D eigenvalue weighted by Crippen LogP contribution is -2.32. The minimum atomic E-state index is -4.93. The van der Waals surface area contributed by atoms with Gasteiger partial charge in [0.1, 0.15) is 10.5 Å². The van der Waals surface area contributed by atoms with Crippen molar-refractivity contribution in [3.05, 3.63) is 70.1 Å². The summed E-state index contributed by atoms with van der Waals surface area (Å²) in [6.45, 7) is 3.93. The molecule has 0 unspecified atom stereocenters. The molecule has 0 atom stereocenters. The van der Waals surface area contributed by atoms with Crippen molar-refractivity contribution in [3.8, 4) is 23.5 Å². The van der Waals surface area contributed by atoms with Gasteiger partial charge in [-0.05, 0) is 87.3 Å². The maximum absolute atomic E-state index is 14.2. The molecule has 0 amide bonds. The number of hydrogen-bond acceptors (Lipinski definition) is 5. The van der Waals surface area contributed by atoms with E-state index in [1.54, 1.807) is 6.20 Å². The van der Waals surface area contributed by atoms with Gasteiger partial charge in [0.25, 0.3) is 0 Å². The van der Waals surface area contributed by atoms with Crippen molar-refractivity contribution in [2.75, 3.05) is 20.1 Å². The number of halogens is 1. The lowest BCUT2D eigenvalue weighted by Gasteiger charge is -2.32. The molecular weight excluding hydrogens is 539 g/mol. The van der Waals surface area contributed by atoms with E-state index in [0.717, 1.165) is 83.7 Å². The Bertz CT molecular complexity index is 2030. The monoisotopic (exact) mass is 570 g/mol. The molecule has 0 aliphatic carbocycles. The molecule has 9 heteroatoms. The third kappa shape index (κ3) is 4.81. The van der Waals surface area contributed by atoms with Gasteiger partial charge in [-0.15, -0.1) is 10.3 Å². The third-order valence-corrected chi connectivity index (χ3v) is 9.08. The highest BCUT2D eigenvalue weighted by molar-refractivity contribution is 7.86. The molecule has 0 bridgehead atoms. The SMILES string of the molecule is C#Cc1ccc2c(c1)[nH]c1c2c(=O)c2cc(CCCC)c(-c3cncc(S(=O)(=O)F)c3)cc2n1C1CCN(C)CC1. The number of rotatable bonds is 6. The quantitative estimate of drug-likeness (QED) is 0.201. The van der Waals surface area contributed by atoms with Crippen LogP contribution in [0.2, 0.25) is 0 Å². The zero-order chi connectivity index (χ0) is 28.9. The van der Waals surface area contributed by atoms with E-state index in [1.807, 2.05) is 30.3 Å². The molecule has 1 saturated heterocycles. The number of H-pyrrole nitrogens is 1. The number of aryl methyl sites for hydroxylation is 1. The first-order chi connectivity index (χ1) is 19.7. The maximum atomic E-state index is 14.2. The first kappa shape index (κ1) is 27.2. The molecular formula is C32H31FN4O3S. The molecule has 0 radical (unpaired) electrons. The van der Waals surface area contributed by atoms with Crippen LogP contribution in [0, 0.1) is 12.3 Å². The topological polar surface area (TPSA) is 88.1 Å². The minimum Gasteiger partial charge on any atom is -0.340 e. The second-order valence-corrected chi connectivity index (χ2v) is 12.3. The molecule has 6 rings (SSSR count). The molecule has 0 spiro atoms. The largest absolute Gasteiger partial charge is 0.340 e. The van der Waals surface area contributed by atoms with Crippen LogP contribution >= 0.6 is 0 Å². The maximum Gasteiger partial charge on any atom is 0.333 e. The molecule has 5 aromatic rings. The number of benzene rings is 2. The number of aromatic nitrogens is 3. The predicted octanol–water partition coefficient (Wildman–Crippen LogP) is 5.95. The van der Waals surface area contributed by atoms with Crippen LogP contribution in [0.4, 0.5) is 3.89 Å². The molecule has 1 N–H and O–H groups in total. The van der Waals surface area contributed by atoms with Crippen molar-refractivity contribution < 1.29 is 12.3 Å². The Balaban J connectivity index is 1.72. The van der Waals surface area contributed by atoms with Crippen molar-refractivity contribution in [2.45, 2.75) is 50.0 Å². The van der Waals surface area contributed by atoms with Crippen LogP contribution < -0.4 is 5.43 Å². The Morgan fingerprint density at radius 3 is 2.61 bits per heavy atom. The molecule has 41 heavy (non-hydrogen) atoms. The summed E-state index contributed by atoms with van der Waals surface area (Å²) in [6, 6.07) is 11.0. The molecule has 7 nitrogen and oxygen atoms in total. The molecule has 1 aliphatic heterocycles. The summed E-state index contributed by atoms with van der Waals surface area (Å²) < 4.78 is 39.6. The summed E-state index contributed by atoms with van der Waals surface area (Å²) in [6.07, 6.45) is 12.5. The Labute approximate surface area is 238 Å². The Hall–Kier alpha value is -4.00. The molecule has 1 aliphatic rings. The van der Waals surface area contributed by atoms with E-state index in [4.69, 9.17) is 6.42 Å². The van der Waals surface area contributed by atoms with E-state index in [9.17, 15) is 17.1 Å². The van der Waals surface area contributed by atoms with Gasteiger partial charge in [-0.25, -0.2) is 0 Å². The van der Waals surface area contributed by atoms with E-state index in [2.05, 4.69) is 39.3 Å². The van der Waals surface area contributed by atoms with Crippen LogP contribution in [0.3, 0.4) is 0 Å². The summed E-state index contributed by atoms with van der Waals surface area (Å²) in [5, 5.41) is 2.07. The number of terminal acetylenes is 1. The second kappa shape index (κ2) is 10.4. The lowest BCUT2D eigenvalue weighted by atomic mass is 9.93. The van der Waals surface area contributed by atoms with Crippen LogP contribution in [0.1, 0.15) is 49.8 Å². The van der Waals surface area contributed by atoms with Gasteiger partial charge in [0.05, 0.1) is 10.9 Å². The van der Waals surface area contributed by atoms with Gasteiger partial charge in [0.15, 0.2) is 5.43 Å². The zero-order valence-electron chi connectivity index (χ0n) is 23.1. The fourth-order valence-corrected chi connectivity index (χ4v) is 6.58. The summed E-state index contributed by atoms with van der Waals surface area (Å²) in [5.41, 5.74) is 5.10. The highest BCUT2D eigenvalue weighted by Crippen LogP contribution is 2.37. The summed E-state index contributed by atoms with van der Waals surface area (Å²) in [7, 11) is -2.83. The first-order valence-electron chi connectivity index (χ1n) is 13.9. The fourth-order valence-electron chi connectivity index (χ4n) is 6.13. The summed E-state index contributed by atoms with van der Waals surface area (Å²) >= 11 is 0. The van der Waals surface area contributed by atoms with Crippen LogP contribution in [0.15, 0.2) is 58.5 Å². The Morgan fingerprint density at radius 2 is 1.90 bits per heavy atom. The second-order valence-electron chi connectivity index (χ2n) is 11.0. The zero-order valence-corrected chi connectivity index (χ0v) is 23.9. The number of pyridine rings is 2. The lowest BCUT2D eigenvalue weighted by molar-refractivity contribution is 0.226. The Morgan fingerprint density at radius 1 is 1.12 bits per heavy atom. The van der Waals surface area contributed by atoms with E-state index in [-0.39, 0.29) is 11.5 Å². The van der Waals surface area contributed by atoms with Gasteiger partial charge in [-0.1, -0.05) is 25.3 Å². The van der Waals surface area contributed by atoms with E-state index in [1.165, 1.54) is 6.07 Å². The summed E-state index contributed by atoms with van der Waals surface area (Å²) in [5.74, 6) is 2.68. The third-order valence-electron chi connectivity index (χ3n) is 8.30. The van der Waals surface area contributed by atoms with Crippen molar-refractivity contribution in [2.24, 2.45) is 0 Å². The van der Waals surface area contributed by atoms with Gasteiger partial charge >= 0.3 is 10.2 Å². The predicted molar refractivity (Wildman–Crippen MR) is 161 cm³/mol. The number of piperidine rings is 1. The van der Waals surface area contributed by atoms with Crippen LogP contribution in [0.5, 0.6) is 0 Å². The molecule has 1 fully saturated rings. The van der Waals surface area contributed by atoms with Crippen LogP contribution in [-0.4, -0.2) is 48.0 Å². The standard InChI is InChI=1S/C32H31FN4O3S/c1-4-6-7-21-16-27-29(17-26(21)22-15-24(19-34-18-22)41(33,39)40)37(23-10-12-36(3)13-11-23)32-30(31(27)38)25-9-8-20(5-2)14-28(25)35-32/h2,8-9,14-19,23,35H,4,6-7,10-13H2,1,3H3. The van der Waals surface area contributed by atoms with Gasteiger partial charge < -0.3 is 14.5 Å². The smallest absolute Gasteiger partial charge is 0.333 e. The average molecular weight is 571 g/mol. The molecule has 210 valence electrons. The van der Waals surface area contributed by atoms with E-state index >= 15 is 0 Å². The van der Waals surface area contributed by atoms with Crippen LogP contribution in [0.25, 0.3) is 44.0 Å². The molecule has 4 heterocycles. The number of hydrogen-bond donors (Lipinski definition) is 1.